The Morgan fingerprint density at radius 1 is 1.10 bits per heavy atom. The third-order valence-corrected chi connectivity index (χ3v) is 5.58. The van der Waals surface area contributed by atoms with Gasteiger partial charge in [0, 0.05) is 41.0 Å². The predicted octanol–water partition coefficient (Wildman–Crippen LogP) is 5.58. The van der Waals surface area contributed by atoms with Crippen LogP contribution >= 0.6 is 15.9 Å². The van der Waals surface area contributed by atoms with Crippen molar-refractivity contribution in [3.05, 3.63) is 53.0 Å². The molecule has 30 heavy (non-hydrogen) atoms. The number of benzene rings is 2. The van der Waals surface area contributed by atoms with Crippen LogP contribution in [0.1, 0.15) is 40.0 Å². The Morgan fingerprint density at radius 2 is 1.90 bits per heavy atom. The van der Waals surface area contributed by atoms with Crippen molar-refractivity contribution in [1.82, 2.24) is 15.3 Å². The molecule has 0 radical (unpaired) electrons. The second-order valence-corrected chi connectivity index (χ2v) is 8.43. The second-order valence-electron chi connectivity index (χ2n) is 7.51. The Bertz CT molecular complexity index is 1010. The zero-order chi connectivity index (χ0) is 21.5. The van der Waals surface area contributed by atoms with Crippen LogP contribution in [0.15, 0.2) is 53.0 Å². The maximum Gasteiger partial charge on any atom is 0.221 e. The lowest BCUT2D eigenvalue weighted by Crippen LogP contribution is -2.36. The van der Waals surface area contributed by atoms with E-state index in [0.29, 0.717) is 18.8 Å². The van der Waals surface area contributed by atoms with Crippen LogP contribution in [-0.2, 0) is 4.79 Å². The number of carbonyl (C=O) groups is 1. The highest BCUT2D eigenvalue weighted by Crippen LogP contribution is 2.29. The van der Waals surface area contributed by atoms with Crippen molar-refractivity contribution in [2.75, 3.05) is 18.0 Å². The van der Waals surface area contributed by atoms with E-state index in [0.717, 1.165) is 46.1 Å². The first-order chi connectivity index (χ1) is 14.5. The van der Waals surface area contributed by atoms with Crippen molar-refractivity contribution in [1.29, 1.82) is 0 Å². The molecule has 0 aliphatic carbocycles. The summed E-state index contributed by atoms with van der Waals surface area (Å²) in [4.78, 5) is 24.3. The molecular formula is C24H29BrN4O. The number of aromatic nitrogens is 2. The first-order valence-corrected chi connectivity index (χ1v) is 11.4. The molecule has 1 atom stereocenters. The normalized spacial score (nSPS) is 12.0. The van der Waals surface area contributed by atoms with E-state index in [4.69, 9.17) is 9.97 Å². The molecule has 3 rings (SSSR count). The van der Waals surface area contributed by atoms with Gasteiger partial charge in [-0.1, -0.05) is 54.0 Å². The minimum atomic E-state index is 0.0797. The first kappa shape index (κ1) is 22.2. The minimum absolute atomic E-state index is 0.0797. The van der Waals surface area contributed by atoms with E-state index >= 15 is 0 Å². The van der Waals surface area contributed by atoms with Gasteiger partial charge in [-0.05, 0) is 44.0 Å². The SMILES string of the molecule is CCCN(CCC(=O)N[C@@H](C)CC)c1nc(-c2cccc(Br)c2)nc2ccccc12. The molecule has 0 saturated heterocycles. The van der Waals surface area contributed by atoms with E-state index < -0.39 is 0 Å². The maximum absolute atomic E-state index is 12.4. The summed E-state index contributed by atoms with van der Waals surface area (Å²) < 4.78 is 0.991. The van der Waals surface area contributed by atoms with Gasteiger partial charge >= 0.3 is 0 Å². The smallest absolute Gasteiger partial charge is 0.221 e. The highest BCUT2D eigenvalue weighted by Gasteiger charge is 2.17. The number of amides is 1. The third kappa shape index (κ3) is 5.57. The van der Waals surface area contributed by atoms with Gasteiger partial charge in [-0.25, -0.2) is 9.97 Å². The molecule has 0 fully saturated rings. The summed E-state index contributed by atoms with van der Waals surface area (Å²) in [7, 11) is 0. The van der Waals surface area contributed by atoms with E-state index in [1.165, 1.54) is 0 Å². The molecule has 0 aliphatic rings. The van der Waals surface area contributed by atoms with Crippen molar-refractivity contribution in [2.45, 2.75) is 46.1 Å². The Morgan fingerprint density at radius 3 is 2.63 bits per heavy atom. The number of nitrogens with one attached hydrogen (secondary N) is 1. The molecule has 0 unspecified atom stereocenters. The monoisotopic (exact) mass is 468 g/mol. The summed E-state index contributed by atoms with van der Waals surface area (Å²) in [5.41, 5.74) is 1.87. The van der Waals surface area contributed by atoms with Gasteiger partial charge in [0.1, 0.15) is 5.82 Å². The summed E-state index contributed by atoms with van der Waals surface area (Å²) in [5.74, 6) is 1.65. The van der Waals surface area contributed by atoms with Crippen molar-refractivity contribution in [3.63, 3.8) is 0 Å². The zero-order valence-electron chi connectivity index (χ0n) is 17.9. The van der Waals surface area contributed by atoms with E-state index in [1.807, 2.05) is 49.4 Å². The van der Waals surface area contributed by atoms with Crippen LogP contribution in [0, 0.1) is 0 Å². The number of para-hydroxylation sites is 1. The van der Waals surface area contributed by atoms with Gasteiger partial charge in [0.05, 0.1) is 5.52 Å². The Hall–Kier alpha value is -2.47. The average molecular weight is 469 g/mol. The third-order valence-electron chi connectivity index (χ3n) is 5.09. The molecule has 5 nitrogen and oxygen atoms in total. The van der Waals surface area contributed by atoms with Gasteiger partial charge in [-0.15, -0.1) is 0 Å². The molecule has 2 aromatic carbocycles. The molecule has 0 saturated carbocycles. The quantitative estimate of drug-likeness (QED) is 0.445. The van der Waals surface area contributed by atoms with Crippen LogP contribution in [-0.4, -0.2) is 35.0 Å². The molecule has 158 valence electrons. The van der Waals surface area contributed by atoms with Gasteiger partial charge in [-0.2, -0.15) is 0 Å². The van der Waals surface area contributed by atoms with Crippen molar-refractivity contribution < 1.29 is 4.79 Å². The highest BCUT2D eigenvalue weighted by molar-refractivity contribution is 9.10. The Kier molecular flexibility index (Phi) is 7.80. The van der Waals surface area contributed by atoms with E-state index in [9.17, 15) is 4.79 Å². The van der Waals surface area contributed by atoms with Gasteiger partial charge in [0.2, 0.25) is 5.91 Å². The number of carbonyl (C=O) groups excluding carboxylic acids is 1. The van der Waals surface area contributed by atoms with E-state index in [2.05, 4.69) is 46.1 Å². The summed E-state index contributed by atoms with van der Waals surface area (Å²) in [5, 5.41) is 4.06. The van der Waals surface area contributed by atoms with Crippen molar-refractivity contribution in [2.24, 2.45) is 0 Å². The molecule has 0 spiro atoms. The first-order valence-electron chi connectivity index (χ1n) is 10.6. The molecule has 6 heteroatoms. The van der Waals surface area contributed by atoms with Crippen molar-refractivity contribution in [3.8, 4) is 11.4 Å². The van der Waals surface area contributed by atoms with Crippen LogP contribution in [0.2, 0.25) is 0 Å². The van der Waals surface area contributed by atoms with Crippen molar-refractivity contribution >= 4 is 38.6 Å². The number of hydrogen-bond donors (Lipinski definition) is 1. The fraction of sp³-hybridized carbons (Fsp3) is 0.375. The fourth-order valence-corrected chi connectivity index (χ4v) is 3.74. The Labute approximate surface area is 187 Å². The van der Waals surface area contributed by atoms with Gasteiger partial charge in [0.15, 0.2) is 5.82 Å². The number of fused-ring (bicyclic) bond motifs is 1. The van der Waals surface area contributed by atoms with Crippen LogP contribution in [0.5, 0.6) is 0 Å². The van der Waals surface area contributed by atoms with E-state index in [-0.39, 0.29) is 11.9 Å². The lowest BCUT2D eigenvalue weighted by molar-refractivity contribution is -0.121. The van der Waals surface area contributed by atoms with Crippen LogP contribution < -0.4 is 10.2 Å². The van der Waals surface area contributed by atoms with E-state index in [1.54, 1.807) is 0 Å². The summed E-state index contributed by atoms with van der Waals surface area (Å²) in [6, 6.07) is 16.3. The zero-order valence-corrected chi connectivity index (χ0v) is 19.4. The topological polar surface area (TPSA) is 58.1 Å². The number of hydrogen-bond acceptors (Lipinski definition) is 4. The lowest BCUT2D eigenvalue weighted by Gasteiger charge is -2.25. The van der Waals surface area contributed by atoms with Gasteiger partial charge in [-0.3, -0.25) is 4.79 Å². The van der Waals surface area contributed by atoms with Crippen LogP contribution in [0.25, 0.3) is 22.3 Å². The summed E-state index contributed by atoms with van der Waals surface area (Å²) >= 11 is 3.54. The molecule has 1 N–H and O–H groups in total. The molecular weight excluding hydrogens is 440 g/mol. The molecule has 3 aromatic rings. The molecule has 0 aliphatic heterocycles. The minimum Gasteiger partial charge on any atom is -0.355 e. The fourth-order valence-electron chi connectivity index (χ4n) is 3.34. The molecule has 1 aromatic heterocycles. The molecule has 1 heterocycles. The highest BCUT2D eigenvalue weighted by atomic mass is 79.9. The second kappa shape index (κ2) is 10.5. The summed E-state index contributed by atoms with van der Waals surface area (Å²) in [6.45, 7) is 7.70. The molecule has 0 bridgehead atoms. The Balaban J connectivity index is 1.96. The average Bonchev–Trinajstić information content (AvgIpc) is 2.75. The number of rotatable bonds is 9. The van der Waals surface area contributed by atoms with Gasteiger partial charge in [0.25, 0.3) is 0 Å². The number of halogens is 1. The van der Waals surface area contributed by atoms with Gasteiger partial charge < -0.3 is 10.2 Å². The molecule has 1 amide bonds. The van der Waals surface area contributed by atoms with Crippen LogP contribution in [0.3, 0.4) is 0 Å². The van der Waals surface area contributed by atoms with Crippen LogP contribution in [0.4, 0.5) is 5.82 Å². The predicted molar refractivity (Wildman–Crippen MR) is 128 cm³/mol. The number of nitrogens with zero attached hydrogens (tertiary/aromatic N) is 3. The summed E-state index contributed by atoms with van der Waals surface area (Å²) in [6.07, 6.45) is 2.34. The lowest BCUT2D eigenvalue weighted by atomic mass is 10.1. The largest absolute Gasteiger partial charge is 0.355 e. The number of anilines is 1. The maximum atomic E-state index is 12.4. The standard InChI is InChI=1S/C24H29BrN4O/c1-4-14-29(15-13-22(30)26-17(3)5-2)24-20-11-6-7-12-21(20)27-23(28-24)18-9-8-10-19(25)16-18/h6-12,16-17H,4-5,13-15H2,1-3H3,(H,26,30)/t17-/m0/s1.